The molecule has 8 aromatic heterocycles. The van der Waals surface area contributed by atoms with Crippen molar-refractivity contribution in [2.45, 2.75) is 0 Å². The van der Waals surface area contributed by atoms with Gasteiger partial charge in [0.05, 0.1) is 42.9 Å². The van der Waals surface area contributed by atoms with Gasteiger partial charge in [-0.25, -0.2) is 29.9 Å². The smallest absolute Gasteiger partial charge is 0.166 e. The molecule has 0 atom stereocenters. The monoisotopic (exact) mass is 1770 g/mol. The Kier molecular flexibility index (Phi) is 20.4. The van der Waals surface area contributed by atoms with Gasteiger partial charge in [-0.2, -0.15) is 0 Å². The van der Waals surface area contributed by atoms with E-state index in [2.05, 4.69) is 373 Å². The summed E-state index contributed by atoms with van der Waals surface area (Å²) in [6.45, 7) is 0. The molecule has 636 valence electrons. The molecule has 0 aliphatic heterocycles. The summed E-state index contributed by atoms with van der Waals surface area (Å²) in [6, 6.07) is 162. The molecule has 0 N–H and O–H groups in total. The highest BCUT2D eigenvalue weighted by Gasteiger charge is 2.27. The molecule has 0 radical (unpaired) electrons. The predicted octanol–water partition coefficient (Wildman–Crippen LogP) is 32.8. The van der Waals surface area contributed by atoms with E-state index in [9.17, 15) is 0 Å². The molecule has 0 bridgehead atoms. The van der Waals surface area contributed by atoms with Crippen molar-refractivity contribution in [1.29, 1.82) is 0 Å². The fourth-order valence-electron chi connectivity index (χ4n) is 19.3. The summed E-state index contributed by atoms with van der Waals surface area (Å²) in [7, 11) is 0. The number of hydrogen-bond acceptors (Lipinski definition) is 10. The minimum Gasteiger partial charge on any atom is -0.308 e. The molecule has 0 saturated heterocycles. The van der Waals surface area contributed by atoms with Crippen molar-refractivity contribution >= 4 is 107 Å². The lowest BCUT2D eigenvalue weighted by atomic mass is 9.92. The minimum atomic E-state index is 0.550. The predicted molar refractivity (Wildman–Crippen MR) is 566 cm³/mol. The zero-order valence-electron chi connectivity index (χ0n) is 73.3. The van der Waals surface area contributed by atoms with E-state index in [1.807, 2.05) is 132 Å². The Balaban J connectivity index is 0.000000145. The fourth-order valence-corrected chi connectivity index (χ4v) is 21.9. The average molecular weight is 1770 g/mol. The van der Waals surface area contributed by atoms with Gasteiger partial charge in [0.15, 0.2) is 34.9 Å². The summed E-state index contributed by atoms with van der Waals surface area (Å²) in [5.74, 6) is 3.49. The lowest BCUT2D eigenvalue weighted by Crippen LogP contribution is -2.02. The summed E-state index contributed by atoms with van der Waals surface area (Å²) in [4.78, 5) is 42.3. The molecular formula is C124H78N10S2. The van der Waals surface area contributed by atoms with Crippen LogP contribution in [0.2, 0.25) is 0 Å². The maximum absolute atomic E-state index is 5.49. The maximum Gasteiger partial charge on any atom is 0.166 e. The zero-order valence-corrected chi connectivity index (χ0v) is 75.0. The van der Waals surface area contributed by atoms with Crippen molar-refractivity contribution in [2.75, 3.05) is 0 Å². The normalized spacial score (nSPS) is 11.5. The highest BCUT2D eigenvalue weighted by molar-refractivity contribution is 7.27. The Labute approximate surface area is 792 Å². The topological polar surface area (TPSA) is 113 Å². The van der Waals surface area contributed by atoms with Gasteiger partial charge in [-0.3, -0.25) is 9.97 Å². The standard InChI is InChI=1S/2C62H39N5S/c1-6-19-40(20-7-1)44-35-45(41-21-8-2-9-22-41)37-46(36-44)47-38-54(62-65-60(42-23-10-3-11-24-42)64-61(66-62)43-25-12-4-13-26-43)56(63-39-47)53-31-18-30-51-52-34-33-50-49-29-16-17-32-55(49)67(48-27-14-5-15-28-48)57(50)59(52)68-58(51)53;1-6-18-40(19-7-1)45-34-46(41-20-8-2-9-21-41)36-47(35-45)48-37-54(62-65-60(42-22-10-3-11-23-42)64-61(66-62)43-24-12-4-13-25-43)57(63-39-48)44-30-31-51-53-33-32-52-50-28-16-17-29-55(50)67(49-26-14-5-15-27-49)58(52)59(53)68-56(51)38-44/h2*1-39H. The maximum atomic E-state index is 5.49. The quantitative estimate of drug-likeness (QED) is 0.0940. The largest absolute Gasteiger partial charge is 0.308 e. The minimum absolute atomic E-state index is 0.550. The lowest BCUT2D eigenvalue weighted by Gasteiger charge is -2.15. The van der Waals surface area contributed by atoms with Crippen LogP contribution < -0.4 is 0 Å². The second-order valence-corrected chi connectivity index (χ2v) is 36.1. The number of aromatic nitrogens is 10. The second kappa shape index (κ2) is 34.6. The van der Waals surface area contributed by atoms with E-state index in [4.69, 9.17) is 39.9 Å². The number of pyridine rings is 2. The molecular weight excluding hydrogens is 1690 g/mol. The van der Waals surface area contributed by atoms with E-state index < -0.39 is 0 Å². The van der Waals surface area contributed by atoms with Gasteiger partial charge < -0.3 is 9.13 Å². The molecule has 26 rings (SSSR count). The summed E-state index contributed by atoms with van der Waals surface area (Å²) in [5.41, 5.74) is 29.0. The van der Waals surface area contributed by atoms with Crippen molar-refractivity contribution < 1.29 is 0 Å². The van der Waals surface area contributed by atoms with Crippen LogP contribution in [-0.4, -0.2) is 49.0 Å². The molecule has 0 aliphatic carbocycles. The third-order valence-corrected chi connectivity index (χ3v) is 28.2. The molecule has 0 fully saturated rings. The van der Waals surface area contributed by atoms with Crippen molar-refractivity contribution in [3.8, 4) is 169 Å². The van der Waals surface area contributed by atoms with Crippen LogP contribution >= 0.6 is 22.7 Å². The van der Waals surface area contributed by atoms with Gasteiger partial charge in [-0.1, -0.05) is 370 Å². The Morgan fingerprint density at radius 3 is 0.860 bits per heavy atom. The first-order valence-corrected chi connectivity index (χ1v) is 47.2. The van der Waals surface area contributed by atoms with Gasteiger partial charge in [0.25, 0.3) is 0 Å². The van der Waals surface area contributed by atoms with E-state index in [0.29, 0.717) is 34.9 Å². The van der Waals surface area contributed by atoms with E-state index in [0.717, 1.165) is 139 Å². The zero-order chi connectivity index (χ0) is 89.9. The summed E-state index contributed by atoms with van der Waals surface area (Å²) in [6.07, 6.45) is 4.03. The van der Waals surface area contributed by atoms with E-state index in [1.165, 1.54) is 79.3 Å². The number of hydrogen-bond donors (Lipinski definition) is 0. The van der Waals surface area contributed by atoms with Gasteiger partial charge >= 0.3 is 0 Å². The Morgan fingerprint density at radius 2 is 0.463 bits per heavy atom. The number of rotatable bonds is 16. The van der Waals surface area contributed by atoms with Gasteiger partial charge in [0, 0.05) is 132 Å². The number of fused-ring (bicyclic) bond motifs is 14. The highest BCUT2D eigenvalue weighted by atomic mass is 32.1. The first-order valence-electron chi connectivity index (χ1n) is 45.6. The molecule has 12 heteroatoms. The van der Waals surface area contributed by atoms with Gasteiger partial charge in [-0.05, 0) is 147 Å². The van der Waals surface area contributed by atoms with Crippen LogP contribution in [0.15, 0.2) is 473 Å². The molecule has 26 aromatic rings. The molecule has 8 heterocycles. The van der Waals surface area contributed by atoms with E-state index in [-0.39, 0.29) is 0 Å². The highest BCUT2D eigenvalue weighted by Crippen LogP contribution is 2.50. The number of nitrogens with zero attached hydrogens (tertiary/aromatic N) is 10. The van der Waals surface area contributed by atoms with Crippen LogP contribution in [0.4, 0.5) is 0 Å². The first-order chi connectivity index (χ1) is 67.4. The third-order valence-electron chi connectivity index (χ3n) is 25.7. The average Bonchev–Trinajstić information content (AvgIpc) is 1.55. The molecule has 0 amide bonds. The lowest BCUT2D eigenvalue weighted by molar-refractivity contribution is 1.07. The fraction of sp³-hybridized carbons (Fsp3) is 0. The Morgan fingerprint density at radius 1 is 0.169 bits per heavy atom. The van der Waals surface area contributed by atoms with Crippen LogP contribution in [-0.2, 0) is 0 Å². The second-order valence-electron chi connectivity index (χ2n) is 34.0. The van der Waals surface area contributed by atoms with Crippen LogP contribution in [0.25, 0.3) is 253 Å². The Bertz CT molecular complexity index is 8820. The molecule has 10 nitrogen and oxygen atoms in total. The van der Waals surface area contributed by atoms with Crippen molar-refractivity contribution in [2.24, 2.45) is 0 Å². The van der Waals surface area contributed by atoms with Gasteiger partial charge in [-0.15, -0.1) is 22.7 Å². The molecule has 0 spiro atoms. The summed E-state index contributed by atoms with van der Waals surface area (Å²) < 4.78 is 9.66. The third kappa shape index (κ3) is 14.8. The van der Waals surface area contributed by atoms with Crippen molar-refractivity contribution in [3.05, 3.63) is 473 Å². The molecule has 0 aliphatic rings. The van der Waals surface area contributed by atoms with Crippen molar-refractivity contribution in [1.82, 2.24) is 49.0 Å². The summed E-state index contributed by atoms with van der Waals surface area (Å²) >= 11 is 3.66. The SMILES string of the molecule is c1ccc(-c2cc(-c3ccccc3)cc(-c3cnc(-c4ccc5c(c4)sc4c5ccc5c6ccccc6n(-c6ccccc6)c54)c(-c4nc(-c5ccccc5)nc(-c5ccccc5)n4)c3)c2)cc1.c1ccc(-c2cc(-c3ccccc3)cc(-c3cnc(-c4cccc5c4sc4c5ccc5c6ccccc6n(-c6ccccc6)c54)c(-c4nc(-c5ccccc5)nc(-c5ccccc5)n4)c3)c2)cc1. The van der Waals surface area contributed by atoms with Crippen LogP contribution in [0.3, 0.4) is 0 Å². The number of para-hydroxylation sites is 4. The van der Waals surface area contributed by atoms with Gasteiger partial charge in [0.1, 0.15) is 0 Å². The van der Waals surface area contributed by atoms with Crippen LogP contribution in [0, 0.1) is 0 Å². The molecule has 18 aromatic carbocycles. The van der Waals surface area contributed by atoms with E-state index in [1.54, 1.807) is 0 Å². The molecule has 0 saturated carbocycles. The Hall–Kier alpha value is -17.7. The van der Waals surface area contributed by atoms with Crippen molar-refractivity contribution in [3.63, 3.8) is 0 Å². The summed E-state index contributed by atoms with van der Waals surface area (Å²) in [5, 5.41) is 9.78. The van der Waals surface area contributed by atoms with Crippen LogP contribution in [0.5, 0.6) is 0 Å². The first kappa shape index (κ1) is 80.4. The molecule has 136 heavy (non-hydrogen) atoms. The number of benzene rings is 18. The van der Waals surface area contributed by atoms with Gasteiger partial charge in [0.2, 0.25) is 0 Å². The van der Waals surface area contributed by atoms with Crippen LogP contribution in [0.1, 0.15) is 0 Å². The number of thiophene rings is 2. The molecule has 0 unspecified atom stereocenters. The van der Waals surface area contributed by atoms with E-state index >= 15 is 0 Å².